The average Bonchev–Trinajstić information content (AvgIpc) is 2.95. The van der Waals surface area contributed by atoms with Crippen LogP contribution in [0, 0.1) is 0 Å². The molecule has 1 saturated heterocycles. The van der Waals surface area contributed by atoms with Crippen LogP contribution in [-0.4, -0.2) is 32.8 Å². The molecule has 0 saturated carbocycles. The zero-order valence-corrected chi connectivity index (χ0v) is 12.2. The highest BCUT2D eigenvalue weighted by atomic mass is 16.5. The Hall–Kier alpha value is -2.47. The van der Waals surface area contributed by atoms with Gasteiger partial charge in [0.2, 0.25) is 12.0 Å². The van der Waals surface area contributed by atoms with Crippen LogP contribution in [0.5, 0.6) is 0 Å². The van der Waals surface area contributed by atoms with E-state index in [0.717, 1.165) is 47.6 Å². The summed E-state index contributed by atoms with van der Waals surface area (Å²) in [5, 5.41) is 13.5. The number of hydrogen-bond donors (Lipinski definition) is 2. The maximum absolute atomic E-state index is 10.1. The topological polar surface area (TPSA) is 66.8 Å². The molecule has 2 N–H and O–H groups in total. The molecule has 0 aromatic carbocycles. The number of fused-ring (bicyclic) bond motifs is 1. The Balaban J connectivity index is 1.95. The second kappa shape index (κ2) is 5.38. The molecule has 0 radical (unpaired) electrons. The van der Waals surface area contributed by atoms with E-state index >= 15 is 0 Å². The Morgan fingerprint density at radius 3 is 2.86 bits per heavy atom. The molecule has 1 fully saturated rings. The summed E-state index contributed by atoms with van der Waals surface area (Å²) in [6.07, 6.45) is 5.48. The van der Waals surface area contributed by atoms with Crippen LogP contribution in [0.25, 0.3) is 22.7 Å². The van der Waals surface area contributed by atoms with Crippen LogP contribution in [-0.2, 0) is 0 Å². The molecule has 112 valence electrons. The molecule has 6 heteroatoms. The normalized spacial score (nSPS) is 16.2. The van der Waals surface area contributed by atoms with Crippen molar-refractivity contribution in [1.29, 1.82) is 0 Å². The quantitative estimate of drug-likeness (QED) is 0.556. The van der Waals surface area contributed by atoms with E-state index in [0.29, 0.717) is 11.7 Å². The summed E-state index contributed by atoms with van der Waals surface area (Å²) in [5.41, 5.74) is 2.42. The van der Waals surface area contributed by atoms with Gasteiger partial charge in [0.05, 0.1) is 0 Å². The second-order valence-corrected chi connectivity index (χ2v) is 5.56. The first-order valence-corrected chi connectivity index (χ1v) is 7.58. The molecular weight excluding hydrogens is 278 g/mol. The Labute approximate surface area is 128 Å². The fourth-order valence-electron chi connectivity index (χ4n) is 3.13. The van der Waals surface area contributed by atoms with Crippen LogP contribution < -0.4 is 10.0 Å². The SMILES string of the molecule is O[n+]1ccccc1-c1nc2cccnc2n1C1CCNCC1. The maximum Gasteiger partial charge on any atom is 0.299 e. The fraction of sp³-hybridized carbons (Fsp3) is 0.312. The van der Waals surface area contributed by atoms with Gasteiger partial charge in [-0.1, -0.05) is 0 Å². The zero-order chi connectivity index (χ0) is 14.9. The average molecular weight is 296 g/mol. The first kappa shape index (κ1) is 13.2. The lowest BCUT2D eigenvalue weighted by molar-refractivity contribution is -0.896. The van der Waals surface area contributed by atoms with Crippen LogP contribution in [0.3, 0.4) is 0 Å². The number of nitrogens with zero attached hydrogens (tertiary/aromatic N) is 4. The van der Waals surface area contributed by atoms with Gasteiger partial charge in [0.1, 0.15) is 5.52 Å². The zero-order valence-electron chi connectivity index (χ0n) is 12.2. The van der Waals surface area contributed by atoms with E-state index in [-0.39, 0.29) is 0 Å². The minimum atomic E-state index is 0.344. The van der Waals surface area contributed by atoms with Crippen molar-refractivity contribution >= 4 is 11.2 Å². The van der Waals surface area contributed by atoms with E-state index in [9.17, 15) is 5.21 Å². The van der Waals surface area contributed by atoms with Crippen molar-refractivity contribution in [2.75, 3.05) is 13.1 Å². The van der Waals surface area contributed by atoms with Gasteiger partial charge in [0, 0.05) is 29.1 Å². The lowest BCUT2D eigenvalue weighted by atomic mass is 10.1. The smallest absolute Gasteiger partial charge is 0.299 e. The van der Waals surface area contributed by atoms with Gasteiger partial charge in [0.25, 0.3) is 5.69 Å². The fourth-order valence-corrected chi connectivity index (χ4v) is 3.13. The minimum absolute atomic E-state index is 0.344. The van der Waals surface area contributed by atoms with Gasteiger partial charge in [-0.2, -0.15) is 0 Å². The van der Waals surface area contributed by atoms with Gasteiger partial charge in [-0.3, -0.25) is 5.21 Å². The van der Waals surface area contributed by atoms with Gasteiger partial charge in [-0.15, -0.1) is 0 Å². The molecular formula is C16H18N5O+. The first-order chi connectivity index (χ1) is 10.8. The van der Waals surface area contributed by atoms with E-state index in [1.54, 1.807) is 18.5 Å². The number of pyridine rings is 2. The van der Waals surface area contributed by atoms with Gasteiger partial charge < -0.3 is 9.88 Å². The van der Waals surface area contributed by atoms with Gasteiger partial charge in [-0.05, 0) is 44.1 Å². The summed E-state index contributed by atoms with van der Waals surface area (Å²) in [5.74, 6) is 0.767. The molecule has 0 aliphatic carbocycles. The Morgan fingerprint density at radius 1 is 1.18 bits per heavy atom. The van der Waals surface area contributed by atoms with E-state index in [1.165, 1.54) is 0 Å². The summed E-state index contributed by atoms with van der Waals surface area (Å²) in [6, 6.07) is 9.77. The third-order valence-corrected chi connectivity index (χ3v) is 4.19. The molecule has 1 aliphatic rings. The third-order valence-electron chi connectivity index (χ3n) is 4.19. The second-order valence-electron chi connectivity index (χ2n) is 5.56. The lowest BCUT2D eigenvalue weighted by Gasteiger charge is -2.25. The van der Waals surface area contributed by atoms with Crippen molar-refractivity contribution in [2.24, 2.45) is 0 Å². The highest BCUT2D eigenvalue weighted by Gasteiger charge is 2.27. The molecule has 0 bridgehead atoms. The summed E-state index contributed by atoms with van der Waals surface area (Å²) in [7, 11) is 0. The van der Waals surface area contributed by atoms with Crippen molar-refractivity contribution < 1.29 is 9.94 Å². The molecule has 3 aromatic rings. The predicted molar refractivity (Wildman–Crippen MR) is 81.5 cm³/mol. The van der Waals surface area contributed by atoms with Crippen molar-refractivity contribution in [2.45, 2.75) is 18.9 Å². The summed E-state index contributed by atoms with van der Waals surface area (Å²) in [6.45, 7) is 1.98. The molecule has 4 heterocycles. The van der Waals surface area contributed by atoms with Crippen molar-refractivity contribution in [3.63, 3.8) is 0 Å². The standard InChI is InChI=1S/C16H18N5O/c22-20-11-2-1-5-14(20)16-19-13-4-3-8-18-15(13)21(16)12-6-9-17-10-7-12/h1-5,8,11-12,17,22H,6-7,9-10H2/q+1. The van der Waals surface area contributed by atoms with E-state index < -0.39 is 0 Å². The first-order valence-electron chi connectivity index (χ1n) is 7.58. The van der Waals surface area contributed by atoms with Crippen LogP contribution in [0.2, 0.25) is 0 Å². The number of aromatic nitrogens is 4. The summed E-state index contributed by atoms with van der Waals surface area (Å²) in [4.78, 5) is 9.24. The van der Waals surface area contributed by atoms with Crippen LogP contribution in [0.15, 0.2) is 42.7 Å². The van der Waals surface area contributed by atoms with E-state index in [1.807, 2.05) is 24.3 Å². The molecule has 0 amide bonds. The predicted octanol–water partition coefficient (Wildman–Crippen LogP) is 1.55. The molecule has 22 heavy (non-hydrogen) atoms. The maximum atomic E-state index is 10.1. The largest absolute Gasteiger partial charge is 0.317 e. The van der Waals surface area contributed by atoms with E-state index in [2.05, 4.69) is 14.9 Å². The molecule has 1 aliphatic heterocycles. The lowest BCUT2D eigenvalue weighted by Crippen LogP contribution is -2.34. The van der Waals surface area contributed by atoms with Gasteiger partial charge >= 0.3 is 0 Å². The monoisotopic (exact) mass is 296 g/mol. The minimum Gasteiger partial charge on any atom is -0.317 e. The Bertz CT molecular complexity index is 807. The van der Waals surface area contributed by atoms with Crippen molar-refractivity contribution in [3.05, 3.63) is 42.7 Å². The van der Waals surface area contributed by atoms with Crippen LogP contribution in [0.4, 0.5) is 0 Å². The third kappa shape index (κ3) is 2.12. The number of imidazole rings is 1. The van der Waals surface area contributed by atoms with E-state index in [4.69, 9.17) is 4.98 Å². The molecule has 0 unspecified atom stereocenters. The molecule has 4 rings (SSSR count). The Morgan fingerprint density at radius 2 is 2.05 bits per heavy atom. The summed E-state index contributed by atoms with van der Waals surface area (Å²) >= 11 is 0. The Kier molecular flexibility index (Phi) is 3.23. The van der Waals surface area contributed by atoms with Crippen molar-refractivity contribution in [3.8, 4) is 11.5 Å². The number of nitrogens with one attached hydrogen (secondary N) is 1. The molecule has 3 aromatic heterocycles. The summed E-state index contributed by atoms with van der Waals surface area (Å²) < 4.78 is 3.30. The number of hydrogen-bond acceptors (Lipinski definition) is 4. The number of piperidine rings is 1. The highest BCUT2D eigenvalue weighted by molar-refractivity contribution is 5.75. The number of rotatable bonds is 2. The van der Waals surface area contributed by atoms with Gasteiger partial charge in [-0.25, -0.2) is 9.97 Å². The van der Waals surface area contributed by atoms with Crippen LogP contribution in [0.1, 0.15) is 18.9 Å². The van der Waals surface area contributed by atoms with Crippen molar-refractivity contribution in [1.82, 2.24) is 19.9 Å². The van der Waals surface area contributed by atoms with Gasteiger partial charge in [0.15, 0.2) is 5.65 Å². The van der Waals surface area contributed by atoms with Crippen LogP contribution >= 0.6 is 0 Å². The highest BCUT2D eigenvalue weighted by Crippen LogP contribution is 2.29. The molecule has 0 atom stereocenters. The molecule has 0 spiro atoms. The molecule has 6 nitrogen and oxygen atoms in total.